The van der Waals surface area contributed by atoms with Crippen LogP contribution in [0, 0.1) is 18.8 Å². The van der Waals surface area contributed by atoms with Crippen LogP contribution in [0.5, 0.6) is 5.75 Å². The van der Waals surface area contributed by atoms with Gasteiger partial charge in [0.05, 0.1) is 12.3 Å². The van der Waals surface area contributed by atoms with Gasteiger partial charge in [-0.1, -0.05) is 86.6 Å². The summed E-state index contributed by atoms with van der Waals surface area (Å²) in [6.45, 7) is 17.1. The number of nitrogens with one attached hydrogen (secondary N) is 1. The van der Waals surface area contributed by atoms with Crippen LogP contribution in [-0.4, -0.2) is 70.0 Å². The molecule has 6 rings (SSSR count). The molecule has 0 atom stereocenters. The number of likely N-dealkylation sites (tertiary alicyclic amines) is 1. The number of aromatic nitrogens is 1. The van der Waals surface area contributed by atoms with E-state index in [0.29, 0.717) is 18.4 Å². The monoisotopic (exact) mass is 755 g/mol. The predicted molar refractivity (Wildman–Crippen MR) is 223 cm³/mol. The number of piperidine rings is 1. The highest BCUT2D eigenvalue weighted by molar-refractivity contribution is 6.99. The first-order valence-electron chi connectivity index (χ1n) is 20.1. The fourth-order valence-corrected chi connectivity index (χ4v) is 12.9. The van der Waals surface area contributed by atoms with Crippen LogP contribution in [0.15, 0.2) is 77.3 Å². The van der Waals surface area contributed by atoms with Crippen LogP contribution < -0.4 is 20.4 Å². The molecule has 3 aromatic carbocycles. The third-order valence-corrected chi connectivity index (χ3v) is 16.1. The maximum atomic E-state index is 12.5. The Morgan fingerprint density at radius 1 is 0.833 bits per heavy atom. The zero-order valence-corrected chi connectivity index (χ0v) is 35.4. The first-order chi connectivity index (χ1) is 25.8. The van der Waals surface area contributed by atoms with Crippen LogP contribution in [0.25, 0.3) is 11.0 Å². The number of ether oxygens (including phenoxy) is 2. The Hall–Kier alpha value is -3.66. The highest BCUT2D eigenvalue weighted by atomic mass is 28.4. The molecule has 1 saturated heterocycles. The smallest absolute Gasteiger partial charge is 0.410 e. The molecule has 1 aliphatic heterocycles. The maximum absolute atomic E-state index is 12.5. The second-order valence-electron chi connectivity index (χ2n) is 17.4. The van der Waals surface area contributed by atoms with Gasteiger partial charge < -0.3 is 28.6 Å². The predicted octanol–water partition coefficient (Wildman–Crippen LogP) is 9.07. The summed E-state index contributed by atoms with van der Waals surface area (Å²) < 4.78 is 25.4. The topological polar surface area (TPSA) is 86.1 Å². The molecule has 2 aliphatic rings. The highest BCUT2D eigenvalue weighted by Gasteiger charge is 2.51. The largest absolute Gasteiger partial charge is 0.493 e. The normalized spacial score (nSPS) is 18.6. The number of carbonyl (C=O) groups is 1. The van der Waals surface area contributed by atoms with Crippen molar-refractivity contribution in [1.29, 1.82) is 0 Å². The average Bonchev–Trinajstić information content (AvgIpc) is 3.57. The SMILES string of the molecule is CNC.Cc1c(OCC2CCC(O[Si](c3ccccc3)(c3ccccc3)C(C)(C)C)CC2)ccc2c(CCC3CCN(C(=O)OC(C)(C)C)CC3)noc12. The molecular weight excluding hydrogens is 691 g/mol. The van der Waals surface area contributed by atoms with Gasteiger partial charge in [-0.2, -0.15) is 0 Å². The summed E-state index contributed by atoms with van der Waals surface area (Å²) in [7, 11) is 1.19. The number of aryl methyl sites for hydroxylation is 2. The Balaban J connectivity index is 0.00000181. The molecular formula is C45H65N3O5Si. The summed E-state index contributed by atoms with van der Waals surface area (Å²) in [4.78, 5) is 14.3. The lowest BCUT2D eigenvalue weighted by atomic mass is 9.88. The highest BCUT2D eigenvalue weighted by Crippen LogP contribution is 2.40. The van der Waals surface area contributed by atoms with Crippen molar-refractivity contribution < 1.29 is 23.2 Å². The van der Waals surface area contributed by atoms with Gasteiger partial charge in [0.2, 0.25) is 0 Å². The molecule has 2 heterocycles. The van der Waals surface area contributed by atoms with Gasteiger partial charge in [-0.15, -0.1) is 0 Å². The molecule has 1 N–H and O–H groups in total. The van der Waals surface area contributed by atoms with Crippen molar-refractivity contribution in [2.75, 3.05) is 33.8 Å². The van der Waals surface area contributed by atoms with Crippen LogP contribution in [0.2, 0.25) is 5.04 Å². The van der Waals surface area contributed by atoms with E-state index < -0.39 is 13.9 Å². The molecule has 0 radical (unpaired) electrons. The number of amides is 1. The Labute approximate surface area is 325 Å². The minimum absolute atomic E-state index is 0.0204. The lowest BCUT2D eigenvalue weighted by Gasteiger charge is -2.46. The fourth-order valence-electron chi connectivity index (χ4n) is 8.14. The van der Waals surface area contributed by atoms with Gasteiger partial charge in [0.25, 0.3) is 8.32 Å². The molecule has 0 unspecified atom stereocenters. The fraction of sp³-hybridized carbons (Fsp3) is 0.556. The van der Waals surface area contributed by atoms with E-state index in [0.717, 1.165) is 92.4 Å². The first-order valence-corrected chi connectivity index (χ1v) is 22.0. The number of carbonyl (C=O) groups excluding carboxylic acids is 1. The van der Waals surface area contributed by atoms with Crippen molar-refractivity contribution >= 4 is 35.8 Å². The number of benzene rings is 3. The second-order valence-corrected chi connectivity index (χ2v) is 21.6. The van der Waals surface area contributed by atoms with Gasteiger partial charge in [0.1, 0.15) is 11.4 Å². The van der Waals surface area contributed by atoms with Crippen LogP contribution in [0.3, 0.4) is 0 Å². The van der Waals surface area contributed by atoms with Crippen LogP contribution >= 0.6 is 0 Å². The lowest BCUT2D eigenvalue weighted by Crippen LogP contribution is -2.67. The zero-order valence-electron chi connectivity index (χ0n) is 34.4. The summed E-state index contributed by atoms with van der Waals surface area (Å²) in [5, 5.41) is 11.0. The molecule has 54 heavy (non-hydrogen) atoms. The number of hydrogen-bond acceptors (Lipinski definition) is 7. The standard InChI is InChI=1S/C43H58N2O5Si.C2H7N/c1-31-39(25-23-37-38(44-49-40(31)37)24-20-32-26-28-45(29-27-32)41(46)48-42(2,3)4)47-30-33-18-21-34(22-19-33)50-51(43(5,6)7,35-14-10-8-11-15-35)36-16-12-9-13-17-36;1-3-2/h8-17,23,25,32-34H,18-22,24,26-30H2,1-7H3;3H,1-2H3. The van der Waals surface area contributed by atoms with E-state index in [2.05, 4.69) is 111 Å². The maximum Gasteiger partial charge on any atom is 0.410 e. The van der Waals surface area contributed by atoms with Crippen molar-refractivity contribution in [2.45, 2.75) is 117 Å². The van der Waals surface area contributed by atoms with E-state index >= 15 is 0 Å². The van der Waals surface area contributed by atoms with E-state index in [9.17, 15) is 4.79 Å². The Kier molecular flexibility index (Phi) is 14.1. The Morgan fingerprint density at radius 3 is 1.94 bits per heavy atom. The molecule has 294 valence electrons. The molecule has 2 fully saturated rings. The molecule has 0 bridgehead atoms. The molecule has 4 aromatic rings. The summed E-state index contributed by atoms with van der Waals surface area (Å²) in [5.74, 6) is 1.93. The molecule has 1 aromatic heterocycles. The van der Waals surface area contributed by atoms with E-state index in [-0.39, 0.29) is 17.2 Å². The number of fused-ring (bicyclic) bond motifs is 1. The third-order valence-electron chi connectivity index (χ3n) is 11.0. The molecule has 0 spiro atoms. The molecule has 9 heteroatoms. The quantitative estimate of drug-likeness (QED) is 0.162. The summed E-state index contributed by atoms with van der Waals surface area (Å²) in [5.41, 5.74) is 2.38. The third kappa shape index (κ3) is 10.1. The van der Waals surface area contributed by atoms with Gasteiger partial charge in [0.15, 0.2) is 5.58 Å². The van der Waals surface area contributed by atoms with Gasteiger partial charge in [0, 0.05) is 30.1 Å². The van der Waals surface area contributed by atoms with Crippen LogP contribution in [-0.2, 0) is 15.6 Å². The molecule has 1 aliphatic carbocycles. The van der Waals surface area contributed by atoms with Crippen molar-refractivity contribution in [3.05, 3.63) is 84.1 Å². The molecule has 1 amide bonds. The first kappa shape index (κ1) is 41.5. The van der Waals surface area contributed by atoms with Crippen molar-refractivity contribution in [2.24, 2.45) is 11.8 Å². The second kappa shape index (κ2) is 18.3. The van der Waals surface area contributed by atoms with Crippen molar-refractivity contribution in [1.82, 2.24) is 15.4 Å². The average molecular weight is 756 g/mol. The summed E-state index contributed by atoms with van der Waals surface area (Å²) in [6, 6.07) is 26.1. The molecule has 1 saturated carbocycles. The minimum atomic E-state index is -2.56. The number of nitrogens with zero attached hydrogens (tertiary/aromatic N) is 2. The van der Waals surface area contributed by atoms with Crippen LogP contribution in [0.4, 0.5) is 4.79 Å². The van der Waals surface area contributed by atoms with E-state index in [1.165, 1.54) is 10.4 Å². The number of hydrogen-bond donors (Lipinski definition) is 1. The Morgan fingerprint density at radius 2 is 1.41 bits per heavy atom. The lowest BCUT2D eigenvalue weighted by molar-refractivity contribution is 0.0181. The van der Waals surface area contributed by atoms with E-state index in [4.69, 9.17) is 18.4 Å². The van der Waals surface area contributed by atoms with E-state index in [1.807, 2.05) is 39.8 Å². The minimum Gasteiger partial charge on any atom is -0.493 e. The number of rotatable bonds is 10. The van der Waals surface area contributed by atoms with E-state index in [1.54, 1.807) is 0 Å². The summed E-state index contributed by atoms with van der Waals surface area (Å²) >= 11 is 0. The van der Waals surface area contributed by atoms with Crippen LogP contribution in [0.1, 0.15) is 97.7 Å². The van der Waals surface area contributed by atoms with Crippen molar-refractivity contribution in [3.63, 3.8) is 0 Å². The van der Waals surface area contributed by atoms with Gasteiger partial charge in [-0.05, 0) is 133 Å². The zero-order chi connectivity index (χ0) is 38.9. The summed E-state index contributed by atoms with van der Waals surface area (Å²) in [6.07, 6.45) is 8.16. The Bertz CT molecular complexity index is 1710. The van der Waals surface area contributed by atoms with Gasteiger partial charge in [-0.3, -0.25) is 0 Å². The van der Waals surface area contributed by atoms with Crippen molar-refractivity contribution in [3.8, 4) is 5.75 Å². The molecule has 8 nitrogen and oxygen atoms in total. The van der Waals surface area contributed by atoms with Gasteiger partial charge >= 0.3 is 6.09 Å². The van der Waals surface area contributed by atoms with Gasteiger partial charge in [-0.25, -0.2) is 4.79 Å².